The lowest BCUT2D eigenvalue weighted by Gasteiger charge is -2.32. The molecule has 0 saturated heterocycles. The molecule has 0 radical (unpaired) electrons. The van der Waals surface area contributed by atoms with Crippen molar-refractivity contribution in [1.82, 2.24) is 4.90 Å². The van der Waals surface area contributed by atoms with E-state index in [4.69, 9.17) is 9.47 Å². The predicted octanol–water partition coefficient (Wildman–Crippen LogP) is 4.43. The van der Waals surface area contributed by atoms with Crippen molar-refractivity contribution >= 4 is 23.1 Å². The van der Waals surface area contributed by atoms with Crippen molar-refractivity contribution in [2.24, 2.45) is 0 Å². The van der Waals surface area contributed by atoms with E-state index in [1.165, 1.54) is 10.5 Å². The molecule has 0 aromatic heterocycles. The van der Waals surface area contributed by atoms with Gasteiger partial charge < -0.3 is 14.4 Å². The second-order valence-corrected chi connectivity index (χ2v) is 8.66. The van der Waals surface area contributed by atoms with E-state index in [-0.39, 0.29) is 24.5 Å². The molecule has 0 N–H and O–H groups in total. The summed E-state index contributed by atoms with van der Waals surface area (Å²) in [6, 6.07) is 15.6. The van der Waals surface area contributed by atoms with Gasteiger partial charge in [0.05, 0.1) is 31.4 Å². The van der Waals surface area contributed by atoms with Crippen LogP contribution in [0.25, 0.3) is 5.57 Å². The Hall–Kier alpha value is -3.12. The van der Waals surface area contributed by atoms with E-state index < -0.39 is 0 Å². The zero-order valence-corrected chi connectivity index (χ0v) is 19.7. The molecule has 0 aliphatic carbocycles. The number of anilines is 1. The molecule has 0 saturated carbocycles. The van der Waals surface area contributed by atoms with Crippen LogP contribution in [0.3, 0.4) is 0 Å². The molecule has 6 nitrogen and oxygen atoms in total. The molecule has 0 atom stereocenters. The highest BCUT2D eigenvalue weighted by Crippen LogP contribution is 2.38. The fourth-order valence-corrected chi connectivity index (χ4v) is 4.36. The second kappa shape index (κ2) is 10.2. The number of aryl methyl sites for hydroxylation is 1. The third-order valence-electron chi connectivity index (χ3n) is 5.91. The number of benzene rings is 2. The summed E-state index contributed by atoms with van der Waals surface area (Å²) in [6.45, 7) is 7.82. The maximum Gasteiger partial charge on any atom is 0.278 e. The Morgan fingerprint density at radius 2 is 1.73 bits per heavy atom. The zero-order chi connectivity index (χ0) is 23.4. The van der Waals surface area contributed by atoms with Crippen molar-refractivity contribution in [3.63, 3.8) is 0 Å². The van der Waals surface area contributed by atoms with Gasteiger partial charge in [0.1, 0.15) is 11.4 Å². The van der Waals surface area contributed by atoms with E-state index in [0.717, 1.165) is 36.3 Å². The Balaban J connectivity index is 1.73. The molecule has 33 heavy (non-hydrogen) atoms. The number of carbonyl (C=O) groups excluding carboxylic acids is 2. The normalized spacial score (nSPS) is 16.1. The number of nitrogens with zero attached hydrogens (tertiary/aromatic N) is 2. The molecule has 2 heterocycles. The van der Waals surface area contributed by atoms with Gasteiger partial charge in [-0.1, -0.05) is 37.3 Å². The Bertz CT molecular complexity index is 1040. The van der Waals surface area contributed by atoms with Crippen LogP contribution in [-0.2, 0) is 20.7 Å². The predicted molar refractivity (Wildman–Crippen MR) is 129 cm³/mol. The fraction of sp³-hybridized carbons (Fsp3) is 0.407. The van der Waals surface area contributed by atoms with E-state index in [0.29, 0.717) is 31.0 Å². The molecule has 4 rings (SSSR count). The highest BCUT2D eigenvalue weighted by molar-refractivity contribution is 6.36. The average molecular weight is 449 g/mol. The molecule has 2 aromatic carbocycles. The van der Waals surface area contributed by atoms with Gasteiger partial charge in [-0.2, -0.15) is 0 Å². The third-order valence-corrected chi connectivity index (χ3v) is 5.91. The molecule has 6 heteroatoms. The molecule has 0 fully saturated rings. The maximum absolute atomic E-state index is 13.6. The first-order chi connectivity index (χ1) is 16.0. The second-order valence-electron chi connectivity index (χ2n) is 8.66. The summed E-state index contributed by atoms with van der Waals surface area (Å²) >= 11 is 0. The summed E-state index contributed by atoms with van der Waals surface area (Å²) in [5.41, 5.74) is 3.83. The minimum atomic E-state index is -0.271. The Kier molecular flexibility index (Phi) is 7.14. The first-order valence-electron chi connectivity index (χ1n) is 11.8. The van der Waals surface area contributed by atoms with E-state index in [9.17, 15) is 9.59 Å². The number of imide groups is 1. The van der Waals surface area contributed by atoms with Crippen molar-refractivity contribution in [1.29, 1.82) is 0 Å². The number of hydrogen-bond donors (Lipinski definition) is 0. The quantitative estimate of drug-likeness (QED) is 0.531. The van der Waals surface area contributed by atoms with Gasteiger partial charge in [-0.3, -0.25) is 14.5 Å². The van der Waals surface area contributed by atoms with Gasteiger partial charge in [-0.25, -0.2) is 0 Å². The standard InChI is InChI=1S/C27H32N2O4/c1-4-17-33-22-13-11-21(12-14-22)24-25(27(31)29(26(24)30)16-18-32-19(2)3)28-15-7-9-20-8-5-6-10-23(20)28/h5-6,8,10-14,19H,4,7,9,15-18H2,1-3H3. The summed E-state index contributed by atoms with van der Waals surface area (Å²) in [5.74, 6) is 0.225. The van der Waals surface area contributed by atoms with Gasteiger partial charge in [0.15, 0.2) is 0 Å². The SMILES string of the molecule is CCCOc1ccc(C2=C(N3CCCc4ccccc43)C(=O)N(CCOC(C)C)C2=O)cc1. The van der Waals surface area contributed by atoms with Gasteiger partial charge in [-0.05, 0) is 62.4 Å². The Morgan fingerprint density at radius 3 is 2.45 bits per heavy atom. The third kappa shape index (κ3) is 4.81. The molecule has 174 valence electrons. The van der Waals surface area contributed by atoms with E-state index >= 15 is 0 Å². The van der Waals surface area contributed by atoms with Crippen molar-refractivity contribution in [2.45, 2.75) is 46.1 Å². The summed E-state index contributed by atoms with van der Waals surface area (Å²) in [6.07, 6.45) is 2.85. The van der Waals surface area contributed by atoms with Crippen molar-refractivity contribution in [3.8, 4) is 5.75 Å². The van der Waals surface area contributed by atoms with Crippen LogP contribution in [0, 0.1) is 0 Å². The van der Waals surface area contributed by atoms with Crippen LogP contribution in [0.2, 0.25) is 0 Å². The minimum Gasteiger partial charge on any atom is -0.494 e. The molecular weight excluding hydrogens is 416 g/mol. The molecule has 0 unspecified atom stereocenters. The van der Waals surface area contributed by atoms with Gasteiger partial charge in [0.2, 0.25) is 0 Å². The Morgan fingerprint density at radius 1 is 0.970 bits per heavy atom. The van der Waals surface area contributed by atoms with Crippen LogP contribution >= 0.6 is 0 Å². The summed E-state index contributed by atoms with van der Waals surface area (Å²) in [7, 11) is 0. The van der Waals surface area contributed by atoms with Gasteiger partial charge >= 0.3 is 0 Å². The lowest BCUT2D eigenvalue weighted by atomic mass is 9.98. The van der Waals surface area contributed by atoms with Crippen LogP contribution in [0.15, 0.2) is 54.2 Å². The van der Waals surface area contributed by atoms with Crippen LogP contribution in [0.1, 0.15) is 44.7 Å². The average Bonchev–Trinajstić information content (AvgIpc) is 3.07. The van der Waals surface area contributed by atoms with Crippen molar-refractivity contribution in [2.75, 3.05) is 31.2 Å². The van der Waals surface area contributed by atoms with Crippen molar-refractivity contribution in [3.05, 3.63) is 65.4 Å². The number of carbonyl (C=O) groups is 2. The van der Waals surface area contributed by atoms with Gasteiger partial charge in [-0.15, -0.1) is 0 Å². The number of para-hydroxylation sites is 1. The monoisotopic (exact) mass is 448 g/mol. The molecular formula is C27H32N2O4. The summed E-state index contributed by atoms with van der Waals surface area (Å²) in [4.78, 5) is 30.5. The maximum atomic E-state index is 13.6. The first-order valence-corrected chi connectivity index (χ1v) is 11.8. The highest BCUT2D eigenvalue weighted by Gasteiger charge is 2.42. The number of ether oxygens (including phenoxy) is 2. The first kappa shape index (κ1) is 23.1. The number of rotatable bonds is 9. The lowest BCUT2D eigenvalue weighted by Crippen LogP contribution is -2.39. The number of amides is 2. The minimum absolute atomic E-state index is 0.0364. The topological polar surface area (TPSA) is 59.1 Å². The van der Waals surface area contributed by atoms with Crippen LogP contribution in [0.5, 0.6) is 5.75 Å². The van der Waals surface area contributed by atoms with Crippen LogP contribution < -0.4 is 9.64 Å². The molecule has 2 amide bonds. The lowest BCUT2D eigenvalue weighted by molar-refractivity contribution is -0.138. The number of hydrogen-bond acceptors (Lipinski definition) is 5. The van der Waals surface area contributed by atoms with Crippen LogP contribution in [-0.4, -0.2) is 49.1 Å². The van der Waals surface area contributed by atoms with Crippen molar-refractivity contribution < 1.29 is 19.1 Å². The van der Waals surface area contributed by atoms with E-state index in [1.54, 1.807) is 0 Å². The van der Waals surface area contributed by atoms with E-state index in [1.807, 2.05) is 61.2 Å². The molecule has 0 spiro atoms. The van der Waals surface area contributed by atoms with Gasteiger partial charge in [0.25, 0.3) is 11.8 Å². The van der Waals surface area contributed by atoms with E-state index in [2.05, 4.69) is 13.0 Å². The number of fused-ring (bicyclic) bond motifs is 1. The van der Waals surface area contributed by atoms with Crippen LogP contribution in [0.4, 0.5) is 5.69 Å². The zero-order valence-electron chi connectivity index (χ0n) is 19.7. The largest absolute Gasteiger partial charge is 0.494 e. The Labute approximate surface area is 195 Å². The summed E-state index contributed by atoms with van der Waals surface area (Å²) < 4.78 is 11.3. The fourth-order valence-electron chi connectivity index (χ4n) is 4.36. The highest BCUT2D eigenvalue weighted by atomic mass is 16.5. The smallest absolute Gasteiger partial charge is 0.278 e. The molecule has 2 aliphatic heterocycles. The molecule has 0 bridgehead atoms. The van der Waals surface area contributed by atoms with Gasteiger partial charge in [0, 0.05) is 12.2 Å². The molecule has 2 aromatic rings. The summed E-state index contributed by atoms with van der Waals surface area (Å²) in [5, 5.41) is 0. The molecule has 2 aliphatic rings.